The molecule has 4 rings (SSSR count). The van der Waals surface area contributed by atoms with Crippen LogP contribution in [0.1, 0.15) is 74.8 Å². The van der Waals surface area contributed by atoms with Gasteiger partial charge in [-0.2, -0.15) is 0 Å². The molecule has 6 nitrogen and oxygen atoms in total. The number of fused-ring (bicyclic) bond motifs is 1. The second-order valence-electron chi connectivity index (χ2n) is 10.7. The second-order valence-corrected chi connectivity index (χ2v) is 12.1. The van der Waals surface area contributed by atoms with Gasteiger partial charge in [-0.1, -0.05) is 36.2 Å². The molecule has 7 heteroatoms. The summed E-state index contributed by atoms with van der Waals surface area (Å²) in [7, 11) is 0. The number of hydrogen-bond acceptors (Lipinski definition) is 3. The molecule has 0 radical (unpaired) electrons. The van der Waals surface area contributed by atoms with Crippen molar-refractivity contribution in [2.45, 2.75) is 78.4 Å². The fourth-order valence-electron chi connectivity index (χ4n) is 5.15. The summed E-state index contributed by atoms with van der Waals surface area (Å²) >= 11 is -1.25. The molecule has 1 fully saturated rings. The molecule has 2 aromatic rings. The first kappa shape index (κ1) is 25.9. The highest BCUT2D eigenvalue weighted by molar-refractivity contribution is 7.84. The van der Waals surface area contributed by atoms with Gasteiger partial charge in [-0.25, -0.2) is 13.3 Å². The van der Waals surface area contributed by atoms with E-state index < -0.39 is 28.8 Å². The Labute approximate surface area is 212 Å². The van der Waals surface area contributed by atoms with Crippen LogP contribution in [-0.2, 0) is 27.1 Å². The van der Waals surface area contributed by atoms with Gasteiger partial charge in [0.15, 0.2) is 17.3 Å². The lowest BCUT2D eigenvalue weighted by molar-refractivity contribution is -0.160. The third-order valence-electron chi connectivity index (χ3n) is 6.74. The summed E-state index contributed by atoms with van der Waals surface area (Å²) in [5, 5.41) is 10.3. The number of ether oxygens (including phenoxy) is 1. The molecule has 0 aliphatic carbocycles. The van der Waals surface area contributed by atoms with Gasteiger partial charge >= 0.3 is 5.97 Å². The fraction of sp³-hybridized carbons (Fsp3) is 0.536. The van der Waals surface area contributed by atoms with E-state index in [9.17, 15) is 14.1 Å². The number of nitrogens with zero attached hydrogens (tertiary/aromatic N) is 2. The van der Waals surface area contributed by atoms with Crippen LogP contribution in [-0.4, -0.2) is 44.8 Å². The number of benzene rings is 2. The quantitative estimate of drug-likeness (QED) is 0.552. The van der Waals surface area contributed by atoms with Crippen LogP contribution in [0.4, 0.5) is 5.69 Å². The number of rotatable bonds is 6. The number of aliphatic carboxylic acids is 1. The molecule has 0 amide bonds. The van der Waals surface area contributed by atoms with Crippen molar-refractivity contribution in [2.24, 2.45) is 0 Å². The summed E-state index contributed by atoms with van der Waals surface area (Å²) in [6, 6.07) is 10.3. The summed E-state index contributed by atoms with van der Waals surface area (Å²) < 4.78 is 23.9. The Kier molecular flexibility index (Phi) is 7.69. The van der Waals surface area contributed by atoms with Gasteiger partial charge in [0.05, 0.1) is 11.3 Å². The molecule has 35 heavy (non-hydrogen) atoms. The largest absolute Gasteiger partial charge is 0.479 e. The van der Waals surface area contributed by atoms with E-state index in [1.54, 1.807) is 0 Å². The predicted octanol–water partition coefficient (Wildman–Crippen LogP) is 5.73. The summed E-state index contributed by atoms with van der Waals surface area (Å²) in [4.78, 5) is 12.5. The average molecular weight is 499 g/mol. The van der Waals surface area contributed by atoms with Crippen LogP contribution >= 0.6 is 0 Å². The molecule has 2 heterocycles. The minimum absolute atomic E-state index is 0.627. The topological polar surface area (TPSA) is 70.1 Å². The summed E-state index contributed by atoms with van der Waals surface area (Å²) in [6.07, 6.45) is 3.91. The molecule has 2 atom stereocenters. The maximum Gasteiger partial charge on any atom is 0.337 e. The van der Waals surface area contributed by atoms with Crippen molar-refractivity contribution in [1.29, 1.82) is 0 Å². The molecule has 0 aromatic heterocycles. The van der Waals surface area contributed by atoms with E-state index in [-0.39, 0.29) is 0 Å². The lowest BCUT2D eigenvalue weighted by Gasteiger charge is -2.38. The maximum atomic E-state index is 13.7. The zero-order chi connectivity index (χ0) is 25.3. The van der Waals surface area contributed by atoms with Gasteiger partial charge in [0.2, 0.25) is 0 Å². The minimum atomic E-state index is -1.25. The van der Waals surface area contributed by atoms with Gasteiger partial charge in [0, 0.05) is 25.2 Å². The van der Waals surface area contributed by atoms with Gasteiger partial charge in [0.25, 0.3) is 0 Å². The molecule has 0 bridgehead atoms. The Hall–Kier alpha value is -2.22. The zero-order valence-electron chi connectivity index (χ0n) is 21.6. The molecular formula is C28H38N2O4S. The van der Waals surface area contributed by atoms with Gasteiger partial charge in [-0.05, 0) is 88.6 Å². The number of hydrogen-bond donors (Lipinski definition) is 1. The van der Waals surface area contributed by atoms with E-state index in [1.807, 2.05) is 45.0 Å². The Balaban J connectivity index is 1.91. The van der Waals surface area contributed by atoms with Crippen molar-refractivity contribution in [2.75, 3.05) is 23.9 Å². The first-order valence-corrected chi connectivity index (χ1v) is 13.7. The third kappa shape index (κ3) is 5.63. The number of piperidine rings is 1. The smallest absolute Gasteiger partial charge is 0.337 e. The first-order valence-electron chi connectivity index (χ1n) is 12.7. The summed E-state index contributed by atoms with van der Waals surface area (Å²) in [6.45, 7) is 12.1. The fourth-order valence-corrected chi connectivity index (χ4v) is 6.62. The molecule has 1 N–H and O–H groups in total. The Morgan fingerprint density at radius 3 is 2.29 bits per heavy atom. The minimum Gasteiger partial charge on any atom is -0.479 e. The van der Waals surface area contributed by atoms with Crippen LogP contribution in [0.15, 0.2) is 30.3 Å². The van der Waals surface area contributed by atoms with Gasteiger partial charge in [-0.3, -0.25) is 4.31 Å². The van der Waals surface area contributed by atoms with Crippen molar-refractivity contribution in [3.8, 4) is 11.1 Å². The molecule has 2 aliphatic heterocycles. The standard InChI is InChI=1S/C28H38N2O4S/c1-19-11-13-21(14-12-19)25-22-10-9-17-30(35(33)29-15-7-6-8-16-29)23(22)18-20(2)24(25)26(27(31)32)34-28(3,4)5/h11-14,18,26H,6-10,15-17H2,1-5H3,(H,31,32). The Bertz CT molecular complexity index is 1100. The molecule has 0 spiro atoms. The van der Waals surface area contributed by atoms with Gasteiger partial charge < -0.3 is 9.84 Å². The number of carboxylic acids is 1. The van der Waals surface area contributed by atoms with Crippen LogP contribution in [0, 0.1) is 13.8 Å². The predicted molar refractivity (Wildman–Crippen MR) is 142 cm³/mol. The van der Waals surface area contributed by atoms with E-state index in [2.05, 4.69) is 28.6 Å². The lowest BCUT2D eigenvalue weighted by atomic mass is 9.84. The average Bonchev–Trinajstić information content (AvgIpc) is 2.81. The second kappa shape index (κ2) is 10.4. The summed E-state index contributed by atoms with van der Waals surface area (Å²) in [5.41, 5.74) is 5.96. The monoisotopic (exact) mass is 498 g/mol. The van der Waals surface area contributed by atoms with Crippen molar-refractivity contribution in [3.63, 3.8) is 0 Å². The summed E-state index contributed by atoms with van der Waals surface area (Å²) in [5.74, 6) is -0.999. The van der Waals surface area contributed by atoms with Gasteiger partial charge in [0.1, 0.15) is 0 Å². The van der Waals surface area contributed by atoms with Crippen molar-refractivity contribution >= 4 is 22.8 Å². The van der Waals surface area contributed by atoms with E-state index in [0.717, 1.165) is 78.8 Å². The van der Waals surface area contributed by atoms with Crippen LogP contribution < -0.4 is 4.31 Å². The SMILES string of the molecule is Cc1ccc(-c2c3c(cc(C)c2C(OC(C)(C)C)C(=O)O)N(S(=O)N2CCCCC2)CCC3)cc1. The Morgan fingerprint density at radius 2 is 1.69 bits per heavy atom. The number of carbonyl (C=O) groups is 1. The molecule has 1 saturated heterocycles. The molecule has 0 saturated carbocycles. The van der Waals surface area contributed by atoms with Crippen LogP contribution in [0.3, 0.4) is 0 Å². The van der Waals surface area contributed by atoms with Crippen molar-refractivity contribution in [3.05, 3.63) is 52.6 Å². The maximum absolute atomic E-state index is 13.7. The van der Waals surface area contributed by atoms with Crippen molar-refractivity contribution < 1.29 is 18.8 Å². The normalized spacial score (nSPS) is 18.7. The van der Waals surface area contributed by atoms with E-state index in [0.29, 0.717) is 5.56 Å². The van der Waals surface area contributed by atoms with E-state index in [4.69, 9.17) is 4.74 Å². The number of anilines is 1. The highest BCUT2D eigenvalue weighted by Gasteiger charge is 2.35. The molecule has 2 aromatic carbocycles. The molecule has 2 aliphatic rings. The molecule has 190 valence electrons. The first-order chi connectivity index (χ1) is 16.6. The van der Waals surface area contributed by atoms with Crippen LogP contribution in [0.5, 0.6) is 0 Å². The number of carboxylic acid groups (broad SMARTS) is 1. The van der Waals surface area contributed by atoms with Crippen LogP contribution in [0.2, 0.25) is 0 Å². The van der Waals surface area contributed by atoms with E-state index in [1.165, 1.54) is 6.42 Å². The van der Waals surface area contributed by atoms with Gasteiger partial charge in [-0.15, -0.1) is 0 Å². The highest BCUT2D eigenvalue weighted by Crippen LogP contribution is 2.44. The van der Waals surface area contributed by atoms with Crippen LogP contribution in [0.25, 0.3) is 11.1 Å². The molecular weight excluding hydrogens is 460 g/mol. The van der Waals surface area contributed by atoms with Crippen molar-refractivity contribution in [1.82, 2.24) is 4.31 Å². The Morgan fingerprint density at radius 1 is 1.03 bits per heavy atom. The number of aryl methyl sites for hydroxylation is 2. The highest BCUT2D eigenvalue weighted by atomic mass is 32.2. The molecule has 2 unspecified atom stereocenters. The third-order valence-corrected chi connectivity index (χ3v) is 8.30. The van der Waals surface area contributed by atoms with E-state index >= 15 is 0 Å². The zero-order valence-corrected chi connectivity index (χ0v) is 22.4. The lowest BCUT2D eigenvalue weighted by Crippen LogP contribution is -2.43.